The zero-order chi connectivity index (χ0) is 12.4. The van der Waals surface area contributed by atoms with Gasteiger partial charge in [0.05, 0.1) is 17.1 Å². The number of esters is 1. The Morgan fingerprint density at radius 1 is 1.53 bits per heavy atom. The van der Waals surface area contributed by atoms with Gasteiger partial charge >= 0.3 is 5.97 Å². The molecule has 0 saturated carbocycles. The predicted octanol–water partition coefficient (Wildman–Crippen LogP) is 3.33. The number of ether oxygens (including phenoxy) is 1. The average Bonchev–Trinajstić information content (AvgIpc) is 2.67. The van der Waals surface area contributed by atoms with E-state index in [4.69, 9.17) is 11.6 Å². The van der Waals surface area contributed by atoms with Crippen LogP contribution in [0.15, 0.2) is 30.5 Å². The molecule has 0 amide bonds. The van der Waals surface area contributed by atoms with Gasteiger partial charge < -0.3 is 9.30 Å². The van der Waals surface area contributed by atoms with Crippen LogP contribution in [0.1, 0.15) is 13.2 Å². The summed E-state index contributed by atoms with van der Waals surface area (Å²) in [5, 5.41) is 1.12. The zero-order valence-electron chi connectivity index (χ0n) is 9.19. The Bertz CT molecular complexity index is 552. The van der Waals surface area contributed by atoms with E-state index in [2.05, 4.69) is 4.74 Å². The molecule has 0 aliphatic heterocycles. The number of halogens is 2. The summed E-state index contributed by atoms with van der Waals surface area (Å²) in [6, 6.07) is 7.03. The lowest BCUT2D eigenvalue weighted by atomic mass is 10.2. The lowest BCUT2D eigenvalue weighted by Crippen LogP contribution is -2.17. The molecule has 0 saturated heterocycles. The van der Waals surface area contributed by atoms with Crippen molar-refractivity contribution in [3.8, 4) is 0 Å². The number of para-hydroxylation sites is 1. The third-order valence-corrected chi connectivity index (χ3v) is 2.72. The minimum absolute atomic E-state index is 0.145. The summed E-state index contributed by atoms with van der Waals surface area (Å²) >= 11 is 5.96. The molecule has 0 fully saturated rings. The molecule has 2 aromatic rings. The lowest BCUT2D eigenvalue weighted by molar-refractivity contribution is -0.152. The Morgan fingerprint density at radius 2 is 2.24 bits per heavy atom. The highest BCUT2D eigenvalue weighted by molar-refractivity contribution is 6.35. The summed E-state index contributed by atoms with van der Waals surface area (Å²) in [6.07, 6.45) is -0.472. The number of alkyl halides is 1. The van der Waals surface area contributed by atoms with Gasteiger partial charge in [-0.2, -0.15) is 0 Å². The lowest BCUT2D eigenvalue weighted by Gasteiger charge is -2.10. The van der Waals surface area contributed by atoms with Gasteiger partial charge in [0.15, 0.2) is 0 Å². The predicted molar refractivity (Wildman–Crippen MR) is 63.7 cm³/mol. The van der Waals surface area contributed by atoms with Gasteiger partial charge in [-0.15, -0.1) is 0 Å². The van der Waals surface area contributed by atoms with Gasteiger partial charge in [-0.25, -0.2) is 9.18 Å². The van der Waals surface area contributed by atoms with Gasteiger partial charge in [0.1, 0.15) is 0 Å². The van der Waals surface area contributed by atoms with Crippen molar-refractivity contribution in [3.05, 3.63) is 35.5 Å². The summed E-state index contributed by atoms with van der Waals surface area (Å²) in [5.74, 6) is -0.912. The number of nitrogens with zero attached hydrogens (tertiary/aromatic N) is 1. The Kier molecular flexibility index (Phi) is 3.33. The minimum Gasteiger partial charge on any atom is -0.462 e. The average molecular weight is 256 g/mol. The first-order chi connectivity index (χ1) is 8.15. The van der Waals surface area contributed by atoms with Crippen LogP contribution in [-0.4, -0.2) is 17.1 Å². The fraction of sp³-hybridized carbons (Fsp3) is 0.250. The Labute approximate surface area is 103 Å². The van der Waals surface area contributed by atoms with Crippen molar-refractivity contribution in [2.24, 2.45) is 0 Å². The molecular formula is C12H11ClFNO2. The standard InChI is InChI=1S/C12H11ClFNO2/c1-2-17-12(16)11(14)15-7-9(13)8-5-3-4-6-10(8)15/h3-7,11H,2H2,1H3. The highest BCUT2D eigenvalue weighted by atomic mass is 35.5. The number of carbonyl (C=O) groups excluding carboxylic acids is 1. The van der Waals surface area contributed by atoms with Crippen LogP contribution in [0.2, 0.25) is 5.02 Å². The minimum atomic E-state index is -1.87. The van der Waals surface area contributed by atoms with E-state index in [1.54, 1.807) is 31.2 Å². The molecule has 17 heavy (non-hydrogen) atoms. The van der Waals surface area contributed by atoms with Crippen LogP contribution in [0.5, 0.6) is 0 Å². The smallest absolute Gasteiger partial charge is 0.362 e. The summed E-state index contributed by atoms with van der Waals surface area (Å²) in [4.78, 5) is 11.3. The number of aromatic nitrogens is 1. The van der Waals surface area contributed by atoms with Gasteiger partial charge in [-0.3, -0.25) is 0 Å². The Balaban J connectivity index is 2.45. The number of carbonyl (C=O) groups is 1. The van der Waals surface area contributed by atoms with Crippen molar-refractivity contribution in [1.29, 1.82) is 0 Å². The van der Waals surface area contributed by atoms with Crippen LogP contribution < -0.4 is 0 Å². The summed E-state index contributed by atoms with van der Waals surface area (Å²) in [7, 11) is 0. The molecule has 0 N–H and O–H groups in total. The van der Waals surface area contributed by atoms with E-state index < -0.39 is 12.3 Å². The molecule has 90 valence electrons. The van der Waals surface area contributed by atoms with E-state index in [1.807, 2.05) is 0 Å². The molecule has 1 heterocycles. The van der Waals surface area contributed by atoms with Crippen LogP contribution in [0.25, 0.3) is 10.9 Å². The van der Waals surface area contributed by atoms with Crippen molar-refractivity contribution < 1.29 is 13.9 Å². The number of fused-ring (bicyclic) bond motifs is 1. The first-order valence-corrected chi connectivity index (χ1v) is 5.58. The number of benzene rings is 1. The molecule has 0 spiro atoms. The molecule has 2 rings (SSSR count). The van der Waals surface area contributed by atoms with Crippen LogP contribution in [-0.2, 0) is 9.53 Å². The van der Waals surface area contributed by atoms with E-state index in [9.17, 15) is 9.18 Å². The van der Waals surface area contributed by atoms with Gasteiger partial charge in [0.2, 0.25) is 0 Å². The summed E-state index contributed by atoms with van der Waals surface area (Å²) in [5.41, 5.74) is 0.568. The van der Waals surface area contributed by atoms with Crippen LogP contribution in [0.4, 0.5) is 4.39 Å². The second-order valence-electron chi connectivity index (χ2n) is 3.49. The monoisotopic (exact) mass is 255 g/mol. The van der Waals surface area contributed by atoms with Crippen molar-refractivity contribution >= 4 is 28.5 Å². The normalized spacial score (nSPS) is 12.6. The number of hydrogen-bond acceptors (Lipinski definition) is 2. The zero-order valence-corrected chi connectivity index (χ0v) is 9.95. The molecule has 0 radical (unpaired) electrons. The van der Waals surface area contributed by atoms with Crippen LogP contribution in [0, 0.1) is 0 Å². The fourth-order valence-corrected chi connectivity index (χ4v) is 1.94. The van der Waals surface area contributed by atoms with Gasteiger partial charge in [0.25, 0.3) is 6.30 Å². The third-order valence-electron chi connectivity index (χ3n) is 2.42. The maximum Gasteiger partial charge on any atom is 0.362 e. The molecule has 3 nitrogen and oxygen atoms in total. The van der Waals surface area contributed by atoms with Crippen molar-refractivity contribution in [3.63, 3.8) is 0 Å². The van der Waals surface area contributed by atoms with E-state index in [-0.39, 0.29) is 6.61 Å². The van der Waals surface area contributed by atoms with E-state index in [0.29, 0.717) is 15.9 Å². The SMILES string of the molecule is CCOC(=O)C(F)n1cc(Cl)c2ccccc21. The molecule has 0 bridgehead atoms. The molecule has 1 aromatic heterocycles. The van der Waals surface area contributed by atoms with E-state index in [1.165, 1.54) is 10.8 Å². The molecule has 1 aromatic carbocycles. The summed E-state index contributed by atoms with van der Waals surface area (Å²) in [6.45, 7) is 1.78. The Hall–Kier alpha value is -1.55. The van der Waals surface area contributed by atoms with E-state index >= 15 is 0 Å². The highest BCUT2D eigenvalue weighted by Crippen LogP contribution is 2.29. The third kappa shape index (κ3) is 2.13. The topological polar surface area (TPSA) is 31.2 Å². The highest BCUT2D eigenvalue weighted by Gasteiger charge is 2.22. The van der Waals surface area contributed by atoms with Crippen molar-refractivity contribution in [2.45, 2.75) is 13.2 Å². The molecule has 5 heteroatoms. The van der Waals surface area contributed by atoms with Gasteiger partial charge in [-0.05, 0) is 13.0 Å². The largest absolute Gasteiger partial charge is 0.462 e. The molecular weight excluding hydrogens is 245 g/mol. The fourth-order valence-electron chi connectivity index (χ4n) is 1.67. The molecule has 1 unspecified atom stereocenters. The number of rotatable bonds is 3. The van der Waals surface area contributed by atoms with Crippen molar-refractivity contribution in [1.82, 2.24) is 4.57 Å². The van der Waals surface area contributed by atoms with Gasteiger partial charge in [0, 0.05) is 11.6 Å². The molecule has 1 atom stereocenters. The van der Waals surface area contributed by atoms with E-state index in [0.717, 1.165) is 0 Å². The van der Waals surface area contributed by atoms with Crippen molar-refractivity contribution in [2.75, 3.05) is 6.61 Å². The Morgan fingerprint density at radius 3 is 2.94 bits per heavy atom. The van der Waals surface area contributed by atoms with Crippen LogP contribution in [0.3, 0.4) is 0 Å². The maximum atomic E-state index is 13.9. The first-order valence-electron chi connectivity index (χ1n) is 5.21. The molecule has 0 aliphatic carbocycles. The molecule has 0 aliphatic rings. The second-order valence-corrected chi connectivity index (χ2v) is 3.90. The summed E-state index contributed by atoms with van der Waals surface area (Å²) < 4.78 is 19.7. The second kappa shape index (κ2) is 4.75. The van der Waals surface area contributed by atoms with Crippen LogP contribution >= 0.6 is 11.6 Å². The first kappa shape index (κ1) is 11.9. The maximum absolute atomic E-state index is 13.9. The number of hydrogen-bond donors (Lipinski definition) is 0. The quantitative estimate of drug-likeness (QED) is 0.788. The van der Waals surface area contributed by atoms with Gasteiger partial charge in [-0.1, -0.05) is 29.8 Å².